The average Bonchev–Trinajstić information content (AvgIpc) is 2.48. The molecule has 0 aliphatic rings. The van der Waals surface area contributed by atoms with Crippen LogP contribution in [0.15, 0.2) is 40.9 Å². The lowest BCUT2D eigenvalue weighted by Gasteiger charge is -2.20. The Morgan fingerprint density at radius 2 is 1.95 bits per heavy atom. The van der Waals surface area contributed by atoms with E-state index in [1.807, 2.05) is 13.1 Å². The number of aryl methyl sites for hydroxylation is 1. The summed E-state index contributed by atoms with van der Waals surface area (Å²) in [7, 11) is 3.71. The summed E-state index contributed by atoms with van der Waals surface area (Å²) < 4.78 is 6.29. The zero-order chi connectivity index (χ0) is 15.4. The molecule has 0 bridgehead atoms. The third kappa shape index (κ3) is 3.66. The maximum atomic E-state index is 5.29. The maximum absolute atomic E-state index is 5.29. The molecule has 0 aliphatic heterocycles. The molecule has 2 aromatic rings. The zero-order valence-electron chi connectivity index (χ0n) is 13.0. The van der Waals surface area contributed by atoms with E-state index in [4.69, 9.17) is 4.74 Å². The van der Waals surface area contributed by atoms with Gasteiger partial charge in [0.2, 0.25) is 0 Å². The second-order valence-electron chi connectivity index (χ2n) is 5.30. The van der Waals surface area contributed by atoms with E-state index in [1.165, 1.54) is 22.3 Å². The molecular formula is C18H22BrNO. The highest BCUT2D eigenvalue weighted by Gasteiger charge is 2.14. The Kier molecular flexibility index (Phi) is 5.43. The molecule has 2 nitrogen and oxygen atoms in total. The minimum atomic E-state index is 0.310. The second-order valence-corrected chi connectivity index (χ2v) is 6.16. The molecule has 0 fully saturated rings. The highest BCUT2D eigenvalue weighted by atomic mass is 79.9. The maximum Gasteiger partial charge on any atom is 0.133 e. The molecule has 0 radical (unpaired) electrons. The number of benzene rings is 2. The number of rotatable bonds is 5. The fraction of sp³-hybridized carbons (Fsp3) is 0.333. The van der Waals surface area contributed by atoms with Gasteiger partial charge in [0.25, 0.3) is 0 Å². The summed E-state index contributed by atoms with van der Waals surface area (Å²) in [6.07, 6.45) is 0.948. The van der Waals surface area contributed by atoms with Crippen LogP contribution in [0.4, 0.5) is 0 Å². The van der Waals surface area contributed by atoms with Gasteiger partial charge in [-0.05, 0) is 77.6 Å². The van der Waals surface area contributed by atoms with Crippen LogP contribution in [-0.4, -0.2) is 14.2 Å². The Hall–Kier alpha value is -1.32. The van der Waals surface area contributed by atoms with Crippen molar-refractivity contribution in [3.8, 4) is 5.75 Å². The molecule has 1 N–H and O–H groups in total. The van der Waals surface area contributed by atoms with Gasteiger partial charge in [-0.15, -0.1) is 0 Å². The molecule has 0 spiro atoms. The smallest absolute Gasteiger partial charge is 0.133 e. The van der Waals surface area contributed by atoms with Gasteiger partial charge in [-0.1, -0.05) is 24.3 Å². The largest absolute Gasteiger partial charge is 0.496 e. The molecule has 2 rings (SSSR count). The molecule has 1 atom stereocenters. The number of hydrogen-bond donors (Lipinski definition) is 1. The molecule has 0 aromatic heterocycles. The normalized spacial score (nSPS) is 12.2. The van der Waals surface area contributed by atoms with E-state index in [9.17, 15) is 0 Å². The van der Waals surface area contributed by atoms with Crippen molar-refractivity contribution < 1.29 is 4.74 Å². The fourth-order valence-corrected chi connectivity index (χ4v) is 3.18. The number of hydrogen-bond acceptors (Lipinski definition) is 2. The highest BCUT2D eigenvalue weighted by molar-refractivity contribution is 9.10. The molecule has 3 heteroatoms. The van der Waals surface area contributed by atoms with Gasteiger partial charge >= 0.3 is 0 Å². The van der Waals surface area contributed by atoms with Crippen LogP contribution in [0.5, 0.6) is 5.75 Å². The number of halogens is 1. The van der Waals surface area contributed by atoms with E-state index < -0.39 is 0 Å². The third-order valence-corrected chi connectivity index (χ3v) is 4.65. The van der Waals surface area contributed by atoms with E-state index >= 15 is 0 Å². The Morgan fingerprint density at radius 1 is 1.19 bits per heavy atom. The summed E-state index contributed by atoms with van der Waals surface area (Å²) in [4.78, 5) is 0. The summed E-state index contributed by atoms with van der Waals surface area (Å²) in [6.45, 7) is 4.36. The SMILES string of the molecule is CNC(Cc1ccc(OC)c(Br)c1)c1cccc(C)c1C. The highest BCUT2D eigenvalue weighted by Crippen LogP contribution is 2.29. The molecule has 21 heavy (non-hydrogen) atoms. The van der Waals surface area contributed by atoms with Crippen LogP contribution in [0.2, 0.25) is 0 Å². The van der Waals surface area contributed by atoms with Crippen LogP contribution in [-0.2, 0) is 6.42 Å². The monoisotopic (exact) mass is 347 g/mol. The lowest BCUT2D eigenvalue weighted by molar-refractivity contribution is 0.412. The van der Waals surface area contributed by atoms with E-state index in [0.29, 0.717) is 6.04 Å². The van der Waals surface area contributed by atoms with Crippen LogP contribution < -0.4 is 10.1 Å². The number of methoxy groups -OCH3 is 1. The van der Waals surface area contributed by atoms with Gasteiger partial charge in [0.1, 0.15) is 5.75 Å². The standard InChI is InChI=1S/C18H22BrNO/c1-12-6-5-7-15(13(12)2)17(20-3)11-14-8-9-18(21-4)16(19)10-14/h5-10,17,20H,11H2,1-4H3. The van der Waals surface area contributed by atoms with Crippen molar-refractivity contribution in [2.75, 3.05) is 14.2 Å². The van der Waals surface area contributed by atoms with Crippen molar-refractivity contribution in [2.24, 2.45) is 0 Å². The predicted octanol–water partition coefficient (Wildman–Crippen LogP) is 4.58. The summed E-state index contributed by atoms with van der Waals surface area (Å²) in [5.41, 5.74) is 5.35. The number of likely N-dealkylation sites (N-methyl/N-ethyl adjacent to an activating group) is 1. The topological polar surface area (TPSA) is 21.3 Å². The molecule has 0 saturated carbocycles. The summed E-state index contributed by atoms with van der Waals surface area (Å²) in [5.74, 6) is 0.867. The van der Waals surface area contributed by atoms with Crippen molar-refractivity contribution in [3.05, 3.63) is 63.1 Å². The molecular weight excluding hydrogens is 326 g/mol. The fourth-order valence-electron chi connectivity index (χ4n) is 2.59. The first-order valence-corrected chi connectivity index (χ1v) is 7.92. The van der Waals surface area contributed by atoms with Crippen molar-refractivity contribution in [1.82, 2.24) is 5.32 Å². The minimum absolute atomic E-state index is 0.310. The summed E-state index contributed by atoms with van der Waals surface area (Å²) in [6, 6.07) is 13.1. The van der Waals surface area contributed by atoms with Crippen molar-refractivity contribution in [2.45, 2.75) is 26.3 Å². The van der Waals surface area contributed by atoms with E-state index in [1.54, 1.807) is 7.11 Å². The molecule has 2 aromatic carbocycles. The molecule has 0 heterocycles. The van der Waals surface area contributed by atoms with Crippen molar-refractivity contribution in [1.29, 1.82) is 0 Å². The first kappa shape index (κ1) is 16.1. The van der Waals surface area contributed by atoms with Gasteiger partial charge < -0.3 is 10.1 Å². The Bertz CT molecular complexity index is 625. The van der Waals surface area contributed by atoms with E-state index in [2.05, 4.69) is 65.4 Å². The van der Waals surface area contributed by atoms with Crippen LogP contribution >= 0.6 is 15.9 Å². The summed E-state index contributed by atoms with van der Waals surface area (Å²) >= 11 is 3.56. The van der Waals surface area contributed by atoms with Crippen molar-refractivity contribution in [3.63, 3.8) is 0 Å². The first-order valence-electron chi connectivity index (χ1n) is 7.12. The molecule has 112 valence electrons. The van der Waals surface area contributed by atoms with Gasteiger partial charge in [-0.25, -0.2) is 0 Å². The predicted molar refractivity (Wildman–Crippen MR) is 92.1 cm³/mol. The average molecular weight is 348 g/mol. The number of nitrogens with one attached hydrogen (secondary N) is 1. The van der Waals surface area contributed by atoms with Crippen LogP contribution in [0.1, 0.15) is 28.3 Å². The molecule has 0 amide bonds. The Morgan fingerprint density at radius 3 is 2.57 bits per heavy atom. The second kappa shape index (κ2) is 7.10. The van der Waals surface area contributed by atoms with Crippen LogP contribution in [0, 0.1) is 13.8 Å². The minimum Gasteiger partial charge on any atom is -0.496 e. The molecule has 0 aliphatic carbocycles. The van der Waals surface area contributed by atoms with Gasteiger partial charge in [0.15, 0.2) is 0 Å². The van der Waals surface area contributed by atoms with Gasteiger partial charge in [0.05, 0.1) is 11.6 Å². The van der Waals surface area contributed by atoms with Gasteiger partial charge in [-0.3, -0.25) is 0 Å². The summed E-state index contributed by atoms with van der Waals surface area (Å²) in [5, 5.41) is 3.44. The molecule has 1 unspecified atom stereocenters. The lowest BCUT2D eigenvalue weighted by atomic mass is 9.93. The Labute approximate surface area is 135 Å². The number of ether oxygens (including phenoxy) is 1. The zero-order valence-corrected chi connectivity index (χ0v) is 14.6. The van der Waals surface area contributed by atoms with Crippen LogP contribution in [0.25, 0.3) is 0 Å². The molecule has 0 saturated heterocycles. The van der Waals surface area contributed by atoms with E-state index in [-0.39, 0.29) is 0 Å². The van der Waals surface area contributed by atoms with E-state index in [0.717, 1.165) is 16.6 Å². The van der Waals surface area contributed by atoms with Crippen LogP contribution in [0.3, 0.4) is 0 Å². The van der Waals surface area contributed by atoms with Gasteiger partial charge in [0, 0.05) is 6.04 Å². The first-order chi connectivity index (χ1) is 10.1. The van der Waals surface area contributed by atoms with Gasteiger partial charge in [-0.2, -0.15) is 0 Å². The Balaban J connectivity index is 2.27. The quantitative estimate of drug-likeness (QED) is 0.854. The van der Waals surface area contributed by atoms with Crippen molar-refractivity contribution >= 4 is 15.9 Å². The third-order valence-electron chi connectivity index (χ3n) is 4.03. The lowest BCUT2D eigenvalue weighted by Crippen LogP contribution is -2.20.